The number of benzene rings is 2. The van der Waals surface area contributed by atoms with Gasteiger partial charge in [-0.1, -0.05) is 43.3 Å². The molecule has 1 heterocycles. The van der Waals surface area contributed by atoms with Crippen molar-refractivity contribution in [1.29, 1.82) is 0 Å². The lowest BCUT2D eigenvalue weighted by atomic mass is 10.00. The molecule has 1 unspecified atom stereocenters. The molecular weight excluding hydrogens is 272 g/mol. The highest BCUT2D eigenvalue weighted by atomic mass is 16.5. The van der Waals surface area contributed by atoms with Crippen molar-refractivity contribution in [2.45, 2.75) is 32.4 Å². The molecule has 0 spiro atoms. The lowest BCUT2D eigenvalue weighted by molar-refractivity contribution is 0.113. The van der Waals surface area contributed by atoms with Crippen LogP contribution in [0, 0.1) is 0 Å². The molecule has 3 rings (SSSR count). The average molecular weight is 296 g/mol. The zero-order valence-corrected chi connectivity index (χ0v) is 13.2. The van der Waals surface area contributed by atoms with E-state index in [1.165, 1.54) is 11.1 Å². The molecule has 0 aromatic heterocycles. The highest BCUT2D eigenvalue weighted by Crippen LogP contribution is 2.29. The molecule has 116 valence electrons. The first-order valence-electron chi connectivity index (χ1n) is 8.05. The molecule has 0 aliphatic carbocycles. The molecule has 0 saturated carbocycles. The number of anilines is 1. The largest absolute Gasteiger partial charge is 0.492 e. The van der Waals surface area contributed by atoms with Crippen molar-refractivity contribution in [2.24, 2.45) is 0 Å². The minimum absolute atomic E-state index is 0.427. The summed E-state index contributed by atoms with van der Waals surface area (Å²) >= 11 is 0. The summed E-state index contributed by atoms with van der Waals surface area (Å²) in [5.41, 5.74) is 9.23. The van der Waals surface area contributed by atoms with Crippen LogP contribution in [0.4, 0.5) is 5.69 Å². The maximum Gasteiger partial charge on any atom is 0.124 e. The summed E-state index contributed by atoms with van der Waals surface area (Å²) in [6.07, 6.45) is 2.18. The SMILES string of the molecule is CCCN(Cc1ccccc1)C1COc2cc(N)ccc2C1. The summed E-state index contributed by atoms with van der Waals surface area (Å²) < 4.78 is 5.96. The van der Waals surface area contributed by atoms with Crippen LogP contribution in [0.1, 0.15) is 24.5 Å². The van der Waals surface area contributed by atoms with E-state index < -0.39 is 0 Å². The molecule has 0 radical (unpaired) electrons. The van der Waals surface area contributed by atoms with Crippen LogP contribution in [0.15, 0.2) is 48.5 Å². The predicted octanol–water partition coefficient (Wildman–Crippen LogP) is 3.48. The van der Waals surface area contributed by atoms with Crippen molar-refractivity contribution in [3.8, 4) is 5.75 Å². The number of rotatable bonds is 5. The highest BCUT2D eigenvalue weighted by Gasteiger charge is 2.25. The van der Waals surface area contributed by atoms with Crippen molar-refractivity contribution in [2.75, 3.05) is 18.9 Å². The lowest BCUT2D eigenvalue weighted by Crippen LogP contribution is -2.43. The molecule has 0 fully saturated rings. The summed E-state index contributed by atoms with van der Waals surface area (Å²) in [6.45, 7) is 5.04. The zero-order valence-electron chi connectivity index (χ0n) is 13.2. The van der Waals surface area contributed by atoms with Gasteiger partial charge in [0.05, 0.1) is 0 Å². The first-order chi connectivity index (χ1) is 10.8. The average Bonchev–Trinajstić information content (AvgIpc) is 2.55. The van der Waals surface area contributed by atoms with Crippen molar-refractivity contribution in [3.05, 3.63) is 59.7 Å². The van der Waals surface area contributed by atoms with E-state index in [9.17, 15) is 0 Å². The zero-order chi connectivity index (χ0) is 15.4. The van der Waals surface area contributed by atoms with E-state index in [2.05, 4.69) is 48.2 Å². The quantitative estimate of drug-likeness (QED) is 0.858. The van der Waals surface area contributed by atoms with Crippen LogP contribution >= 0.6 is 0 Å². The Hall–Kier alpha value is -2.00. The van der Waals surface area contributed by atoms with Gasteiger partial charge in [0, 0.05) is 24.3 Å². The number of hydrogen-bond acceptors (Lipinski definition) is 3. The van der Waals surface area contributed by atoms with Gasteiger partial charge in [-0.3, -0.25) is 4.90 Å². The Morgan fingerprint density at radius 3 is 2.77 bits per heavy atom. The fraction of sp³-hybridized carbons (Fsp3) is 0.368. The van der Waals surface area contributed by atoms with Gasteiger partial charge in [-0.25, -0.2) is 0 Å². The number of ether oxygens (including phenoxy) is 1. The van der Waals surface area contributed by atoms with Crippen molar-refractivity contribution < 1.29 is 4.74 Å². The summed E-state index contributed by atoms with van der Waals surface area (Å²) in [4.78, 5) is 2.54. The normalized spacial score (nSPS) is 17.1. The Balaban J connectivity index is 1.74. The van der Waals surface area contributed by atoms with E-state index in [1.54, 1.807) is 0 Å². The Labute approximate surface area is 132 Å². The molecule has 3 nitrogen and oxygen atoms in total. The third-order valence-electron chi connectivity index (χ3n) is 4.23. The maximum absolute atomic E-state index is 5.96. The van der Waals surface area contributed by atoms with Gasteiger partial charge in [0.1, 0.15) is 12.4 Å². The van der Waals surface area contributed by atoms with E-state index in [4.69, 9.17) is 10.5 Å². The minimum atomic E-state index is 0.427. The van der Waals surface area contributed by atoms with E-state index in [1.807, 2.05) is 12.1 Å². The monoisotopic (exact) mass is 296 g/mol. The standard InChI is InChI=1S/C19H24N2O/c1-2-10-21(13-15-6-4-3-5-7-15)18-11-16-8-9-17(20)12-19(16)22-14-18/h3-9,12,18H,2,10-11,13-14,20H2,1H3. The van der Waals surface area contributed by atoms with Crippen LogP contribution in [0.25, 0.3) is 0 Å². The van der Waals surface area contributed by atoms with Gasteiger partial charge >= 0.3 is 0 Å². The third kappa shape index (κ3) is 3.42. The molecule has 0 saturated heterocycles. The maximum atomic E-state index is 5.96. The molecule has 3 heteroatoms. The molecule has 2 N–H and O–H groups in total. The fourth-order valence-electron chi connectivity index (χ4n) is 3.10. The molecule has 2 aromatic rings. The number of nitrogen functional groups attached to an aromatic ring is 1. The molecule has 1 atom stereocenters. The van der Waals surface area contributed by atoms with Crippen molar-refractivity contribution >= 4 is 5.69 Å². The lowest BCUT2D eigenvalue weighted by Gasteiger charge is -2.35. The van der Waals surface area contributed by atoms with Crippen LogP contribution in [-0.4, -0.2) is 24.1 Å². The number of hydrogen-bond donors (Lipinski definition) is 1. The Kier molecular flexibility index (Phi) is 4.64. The fourth-order valence-corrected chi connectivity index (χ4v) is 3.10. The summed E-state index contributed by atoms with van der Waals surface area (Å²) in [6, 6.07) is 17.1. The smallest absolute Gasteiger partial charge is 0.124 e. The summed E-state index contributed by atoms with van der Waals surface area (Å²) in [5, 5.41) is 0. The number of nitrogens with zero attached hydrogens (tertiary/aromatic N) is 1. The Morgan fingerprint density at radius 2 is 2.00 bits per heavy atom. The van der Waals surface area contributed by atoms with Gasteiger partial charge in [0.15, 0.2) is 0 Å². The third-order valence-corrected chi connectivity index (χ3v) is 4.23. The second-order valence-corrected chi connectivity index (χ2v) is 5.99. The van der Waals surface area contributed by atoms with Gasteiger partial charge in [0.25, 0.3) is 0 Å². The van der Waals surface area contributed by atoms with Crippen LogP contribution in [0.3, 0.4) is 0 Å². The highest BCUT2D eigenvalue weighted by molar-refractivity contribution is 5.49. The van der Waals surface area contributed by atoms with Crippen LogP contribution in [0.2, 0.25) is 0 Å². The van der Waals surface area contributed by atoms with Gasteiger partial charge in [-0.15, -0.1) is 0 Å². The van der Waals surface area contributed by atoms with E-state index in [-0.39, 0.29) is 0 Å². The van der Waals surface area contributed by atoms with Crippen LogP contribution in [0.5, 0.6) is 5.75 Å². The molecule has 0 bridgehead atoms. The van der Waals surface area contributed by atoms with E-state index in [0.29, 0.717) is 6.04 Å². The summed E-state index contributed by atoms with van der Waals surface area (Å²) in [5.74, 6) is 0.951. The molecule has 0 amide bonds. The molecule has 2 aromatic carbocycles. The van der Waals surface area contributed by atoms with Gasteiger partial charge < -0.3 is 10.5 Å². The topological polar surface area (TPSA) is 38.5 Å². The minimum Gasteiger partial charge on any atom is -0.492 e. The van der Waals surface area contributed by atoms with Crippen molar-refractivity contribution in [1.82, 2.24) is 4.90 Å². The molecule has 1 aliphatic rings. The van der Waals surface area contributed by atoms with E-state index >= 15 is 0 Å². The van der Waals surface area contributed by atoms with Gasteiger partial charge in [-0.2, -0.15) is 0 Å². The van der Waals surface area contributed by atoms with Crippen LogP contribution in [-0.2, 0) is 13.0 Å². The second-order valence-electron chi connectivity index (χ2n) is 5.99. The summed E-state index contributed by atoms with van der Waals surface area (Å²) in [7, 11) is 0. The van der Waals surface area contributed by atoms with Gasteiger partial charge in [-0.05, 0) is 36.6 Å². The molecule has 22 heavy (non-hydrogen) atoms. The number of fused-ring (bicyclic) bond motifs is 1. The first-order valence-corrected chi connectivity index (χ1v) is 8.05. The Bertz CT molecular complexity index is 612. The molecule has 1 aliphatic heterocycles. The van der Waals surface area contributed by atoms with E-state index in [0.717, 1.165) is 44.0 Å². The molecular formula is C19H24N2O. The first kappa shape index (κ1) is 14.9. The van der Waals surface area contributed by atoms with Crippen molar-refractivity contribution in [3.63, 3.8) is 0 Å². The number of nitrogens with two attached hydrogens (primary N) is 1. The van der Waals surface area contributed by atoms with Crippen LogP contribution < -0.4 is 10.5 Å². The second kappa shape index (κ2) is 6.84. The van der Waals surface area contributed by atoms with Gasteiger partial charge in [0.2, 0.25) is 0 Å². The Morgan fingerprint density at radius 1 is 1.18 bits per heavy atom. The predicted molar refractivity (Wildman–Crippen MR) is 91.0 cm³/mol.